The molecule has 62 valence electrons. The van der Waals surface area contributed by atoms with Crippen LogP contribution in [0.3, 0.4) is 0 Å². The van der Waals surface area contributed by atoms with Crippen LogP contribution in [0.4, 0.5) is 0 Å². The zero-order valence-electron chi connectivity index (χ0n) is 6.53. The number of fused-ring (bicyclic) bond motifs is 1. The highest BCUT2D eigenvalue weighted by Gasteiger charge is 2.32. The van der Waals surface area contributed by atoms with Gasteiger partial charge in [0.15, 0.2) is 6.21 Å². The average Bonchev–Trinajstić information content (AvgIpc) is 2.50. The molecule has 12 heavy (non-hydrogen) atoms. The van der Waals surface area contributed by atoms with E-state index in [-0.39, 0.29) is 6.04 Å². The highest BCUT2D eigenvalue weighted by atomic mass is 35.5. The number of hydrogen-bond donors (Lipinski definition) is 1. The van der Waals surface area contributed by atoms with E-state index in [1.165, 1.54) is 0 Å². The second kappa shape index (κ2) is 2.71. The van der Waals surface area contributed by atoms with E-state index in [9.17, 15) is 0 Å². The van der Waals surface area contributed by atoms with Crippen molar-refractivity contribution in [3.63, 3.8) is 0 Å². The first-order chi connectivity index (χ1) is 5.81. The molecule has 2 aliphatic rings. The van der Waals surface area contributed by atoms with Crippen molar-refractivity contribution in [1.82, 2.24) is 5.43 Å². The summed E-state index contributed by atoms with van der Waals surface area (Å²) in [4.78, 5) is 8.08. The van der Waals surface area contributed by atoms with Crippen LogP contribution in [0, 0.1) is 0 Å². The molecule has 0 aliphatic carbocycles. The van der Waals surface area contributed by atoms with Crippen LogP contribution in [0.25, 0.3) is 0 Å². The van der Waals surface area contributed by atoms with Crippen molar-refractivity contribution >= 4 is 28.9 Å². The van der Waals surface area contributed by atoms with Gasteiger partial charge in [-0.15, -0.1) is 10.1 Å². The molecule has 1 unspecified atom stereocenters. The number of hydrazine groups is 1. The van der Waals surface area contributed by atoms with E-state index in [2.05, 4.69) is 15.4 Å². The van der Waals surface area contributed by atoms with Crippen molar-refractivity contribution in [3.8, 4) is 0 Å². The second-order valence-corrected chi connectivity index (χ2v) is 2.84. The second-order valence-electron chi connectivity index (χ2n) is 2.48. The fourth-order valence-corrected chi connectivity index (χ4v) is 1.42. The third-order valence-electron chi connectivity index (χ3n) is 1.77. The van der Waals surface area contributed by atoms with E-state index < -0.39 is 0 Å². The van der Waals surface area contributed by atoms with Gasteiger partial charge < -0.3 is 0 Å². The van der Waals surface area contributed by atoms with Gasteiger partial charge in [-0.3, -0.25) is 4.99 Å². The van der Waals surface area contributed by atoms with Gasteiger partial charge in [0.05, 0.1) is 0 Å². The quantitative estimate of drug-likeness (QED) is 0.422. The van der Waals surface area contributed by atoms with E-state index in [0.29, 0.717) is 5.29 Å². The summed E-state index contributed by atoms with van der Waals surface area (Å²) in [6, 6.07) is 0.0949. The van der Waals surface area contributed by atoms with E-state index in [4.69, 9.17) is 11.6 Å². The fraction of sp³-hybridized carbons (Fsp3) is 0.286. The smallest absolute Gasteiger partial charge is 0.259 e. The van der Waals surface area contributed by atoms with Gasteiger partial charge in [0.2, 0.25) is 5.84 Å². The Morgan fingerprint density at radius 1 is 1.75 bits per heavy atom. The Morgan fingerprint density at radius 2 is 2.58 bits per heavy atom. The van der Waals surface area contributed by atoms with Crippen LogP contribution < -0.4 is 5.43 Å². The summed E-state index contributed by atoms with van der Waals surface area (Å²) in [6.07, 6.45) is 5.84. The van der Waals surface area contributed by atoms with E-state index >= 15 is 0 Å². The molecule has 0 saturated carbocycles. The summed E-state index contributed by atoms with van der Waals surface area (Å²) in [6.45, 7) is 0. The number of hydrazone groups is 1. The van der Waals surface area contributed by atoms with Crippen LogP contribution in [0.15, 0.2) is 22.1 Å². The largest absolute Gasteiger partial charge is 0.268 e. The summed E-state index contributed by atoms with van der Waals surface area (Å²) >= 11 is 5.73. The van der Waals surface area contributed by atoms with Gasteiger partial charge in [-0.2, -0.15) is 4.99 Å². The lowest BCUT2D eigenvalue weighted by molar-refractivity contribution is -0.573. The maximum absolute atomic E-state index is 5.73. The zero-order chi connectivity index (χ0) is 8.55. The van der Waals surface area contributed by atoms with Gasteiger partial charge in [-0.05, 0) is 17.7 Å². The molecule has 1 atom stereocenters. The zero-order valence-corrected chi connectivity index (χ0v) is 7.28. The normalized spacial score (nSPS) is 29.5. The summed E-state index contributed by atoms with van der Waals surface area (Å²) in [5.74, 6) is 0.726. The summed E-state index contributed by atoms with van der Waals surface area (Å²) in [5, 5.41) is 0.354. The number of halogens is 1. The highest BCUT2D eigenvalue weighted by Crippen LogP contribution is 2.07. The van der Waals surface area contributed by atoms with Crippen molar-refractivity contribution in [3.05, 3.63) is 12.2 Å². The molecule has 0 amide bonds. The SMILES string of the molecule is CN=C1N=C(Cl)N[N+]2=CC=CC12. The first-order valence-electron chi connectivity index (χ1n) is 3.59. The van der Waals surface area contributed by atoms with Crippen molar-refractivity contribution in [1.29, 1.82) is 0 Å². The molecule has 0 aromatic rings. The molecule has 5 heteroatoms. The van der Waals surface area contributed by atoms with Crippen LogP contribution in [0.1, 0.15) is 0 Å². The summed E-state index contributed by atoms with van der Waals surface area (Å²) in [5.41, 5.74) is 2.89. The Balaban J connectivity index is 2.41. The molecule has 0 saturated heterocycles. The van der Waals surface area contributed by atoms with Crippen LogP contribution in [0.5, 0.6) is 0 Å². The molecule has 1 N–H and O–H groups in total. The Kier molecular flexibility index (Phi) is 1.69. The molecule has 2 heterocycles. The Labute approximate surface area is 74.9 Å². The van der Waals surface area contributed by atoms with Gasteiger partial charge in [-0.25, -0.2) is 0 Å². The lowest BCUT2D eigenvalue weighted by atomic mass is 10.3. The monoisotopic (exact) mass is 183 g/mol. The Morgan fingerprint density at radius 3 is 3.33 bits per heavy atom. The van der Waals surface area contributed by atoms with Crippen LogP contribution in [0.2, 0.25) is 0 Å². The number of nitrogens with zero attached hydrogens (tertiary/aromatic N) is 3. The molecule has 2 rings (SSSR count). The number of aliphatic imine (C=N–C) groups is 2. The summed E-state index contributed by atoms with van der Waals surface area (Å²) in [7, 11) is 1.71. The molecule has 0 aromatic carbocycles. The van der Waals surface area contributed by atoms with Gasteiger partial charge in [0.25, 0.3) is 11.3 Å². The predicted molar refractivity (Wildman–Crippen MR) is 49.0 cm³/mol. The van der Waals surface area contributed by atoms with E-state index in [1.807, 2.05) is 23.1 Å². The lowest BCUT2D eigenvalue weighted by Gasteiger charge is -2.13. The Bertz CT molecular complexity index is 326. The fourth-order valence-electron chi connectivity index (χ4n) is 1.23. The van der Waals surface area contributed by atoms with Crippen molar-refractivity contribution < 1.29 is 4.68 Å². The third-order valence-corrected chi connectivity index (χ3v) is 1.94. The molecule has 4 nitrogen and oxygen atoms in total. The average molecular weight is 184 g/mol. The molecule has 0 aromatic heterocycles. The maximum Gasteiger partial charge on any atom is 0.259 e. The third kappa shape index (κ3) is 1.04. The molecule has 0 spiro atoms. The standard InChI is InChI=1S/C7H8ClN4/c1-9-6-5-3-2-4-12(5)11-7(8)10-6/h2-5H,1H3,(H,9,10,11)/q+1. The molecule has 0 radical (unpaired) electrons. The van der Waals surface area contributed by atoms with Crippen molar-refractivity contribution in [2.75, 3.05) is 7.05 Å². The molecular weight excluding hydrogens is 176 g/mol. The van der Waals surface area contributed by atoms with Gasteiger partial charge in [-0.1, -0.05) is 0 Å². The number of allylic oxidation sites excluding steroid dienone is 1. The number of hydrogen-bond acceptors (Lipinski definition) is 2. The van der Waals surface area contributed by atoms with Crippen molar-refractivity contribution in [2.24, 2.45) is 9.98 Å². The topological polar surface area (TPSA) is 39.8 Å². The first-order valence-corrected chi connectivity index (χ1v) is 3.96. The number of rotatable bonds is 0. The van der Waals surface area contributed by atoms with Gasteiger partial charge in [0.1, 0.15) is 0 Å². The van der Waals surface area contributed by atoms with Gasteiger partial charge >= 0.3 is 0 Å². The van der Waals surface area contributed by atoms with Crippen LogP contribution in [-0.4, -0.2) is 35.1 Å². The lowest BCUT2D eigenvalue weighted by Crippen LogP contribution is -2.45. The number of nitrogens with one attached hydrogen (secondary N) is 1. The minimum atomic E-state index is 0.0949. The summed E-state index contributed by atoms with van der Waals surface area (Å²) < 4.78 is 1.86. The molecular formula is C7H8ClN4+. The molecule has 2 aliphatic heterocycles. The van der Waals surface area contributed by atoms with Crippen LogP contribution >= 0.6 is 11.6 Å². The Hall–Kier alpha value is -1.16. The minimum absolute atomic E-state index is 0.0949. The van der Waals surface area contributed by atoms with Crippen molar-refractivity contribution in [2.45, 2.75) is 6.04 Å². The van der Waals surface area contributed by atoms with Crippen LogP contribution in [-0.2, 0) is 0 Å². The molecule has 0 fully saturated rings. The highest BCUT2D eigenvalue weighted by molar-refractivity contribution is 6.65. The maximum atomic E-state index is 5.73. The van der Waals surface area contributed by atoms with Gasteiger partial charge in [0, 0.05) is 13.1 Å². The minimum Gasteiger partial charge on any atom is -0.268 e. The predicted octanol–water partition coefficient (Wildman–Crippen LogP) is 0.149. The first kappa shape index (κ1) is 7.49. The molecule has 0 bridgehead atoms. The van der Waals surface area contributed by atoms with E-state index in [1.54, 1.807) is 7.05 Å². The number of amidine groups is 2. The van der Waals surface area contributed by atoms with E-state index in [0.717, 1.165) is 5.84 Å².